The van der Waals surface area contributed by atoms with Crippen LogP contribution in [-0.2, 0) is 9.08 Å². The highest BCUT2D eigenvalue weighted by Gasteiger charge is 2.02. The largest absolute Gasteiger partial charge is 0.349 e. The Morgan fingerprint density at radius 3 is 2.59 bits per heavy atom. The molecule has 2 aromatic carbocycles. The third-order valence-electron chi connectivity index (χ3n) is 2.62. The van der Waals surface area contributed by atoms with E-state index in [-0.39, 0.29) is 0 Å². The number of hydrogen-bond acceptors (Lipinski definition) is 2. The van der Waals surface area contributed by atoms with Gasteiger partial charge in [0.15, 0.2) is 0 Å². The van der Waals surface area contributed by atoms with E-state index in [2.05, 4.69) is 4.29 Å². The van der Waals surface area contributed by atoms with Crippen molar-refractivity contribution >= 4 is 34.2 Å². The van der Waals surface area contributed by atoms with Crippen LogP contribution in [0, 0.1) is 0 Å². The van der Waals surface area contributed by atoms with Crippen LogP contribution in [0.15, 0.2) is 48.5 Å². The lowest BCUT2D eigenvalue weighted by Gasteiger charge is -2.03. The van der Waals surface area contributed by atoms with Crippen LogP contribution < -0.4 is 0 Å². The summed E-state index contributed by atoms with van der Waals surface area (Å²) in [6.45, 7) is 1.85. The Bertz CT molecular complexity index is 588. The second kappa shape index (κ2) is 5.02. The Kier molecular flexibility index (Phi) is 3.45. The van der Waals surface area contributed by atoms with E-state index >= 15 is 0 Å². The van der Waals surface area contributed by atoms with Crippen molar-refractivity contribution in [1.29, 1.82) is 0 Å². The van der Waals surface area contributed by atoms with Crippen LogP contribution in [0.4, 0.5) is 0 Å². The molecule has 0 heterocycles. The van der Waals surface area contributed by atoms with Crippen molar-refractivity contribution < 1.29 is 9.08 Å². The van der Waals surface area contributed by atoms with Gasteiger partial charge in [0.25, 0.3) is 0 Å². The van der Waals surface area contributed by atoms with E-state index in [4.69, 9.17) is 11.9 Å². The molecular weight excluding hydrogens is 236 g/mol. The highest BCUT2D eigenvalue weighted by Crippen LogP contribution is 2.20. The summed E-state index contributed by atoms with van der Waals surface area (Å²) < 4.78 is 4.09. The first-order valence-electron chi connectivity index (χ1n) is 5.21. The van der Waals surface area contributed by atoms with Crippen molar-refractivity contribution in [3.05, 3.63) is 54.1 Å². The minimum atomic E-state index is -0.558. The molecule has 0 bridgehead atoms. The van der Waals surface area contributed by atoms with Gasteiger partial charge in [-0.15, -0.1) is 0 Å². The summed E-state index contributed by atoms with van der Waals surface area (Å²) >= 11 is 4.98. The van der Waals surface area contributed by atoms with Gasteiger partial charge in [-0.25, -0.2) is 4.79 Å². The number of halogens is 1. The summed E-state index contributed by atoms with van der Waals surface area (Å²) in [4.78, 5) is 11.0. The zero-order valence-electron chi connectivity index (χ0n) is 9.31. The van der Waals surface area contributed by atoms with Crippen LogP contribution in [0.1, 0.15) is 12.5 Å². The molecule has 17 heavy (non-hydrogen) atoms. The Morgan fingerprint density at radius 1 is 1.18 bits per heavy atom. The van der Waals surface area contributed by atoms with Crippen molar-refractivity contribution in [1.82, 2.24) is 0 Å². The van der Waals surface area contributed by atoms with E-state index in [0.29, 0.717) is 0 Å². The number of carbonyl (C=O) groups is 1. The Morgan fingerprint density at radius 2 is 1.88 bits per heavy atom. The van der Waals surface area contributed by atoms with E-state index < -0.39 is 5.97 Å². The summed E-state index contributed by atoms with van der Waals surface area (Å²) in [7, 11) is 0. The first kappa shape index (κ1) is 11.7. The van der Waals surface area contributed by atoms with Crippen molar-refractivity contribution in [2.45, 2.75) is 6.92 Å². The van der Waals surface area contributed by atoms with Gasteiger partial charge in [0.2, 0.25) is 0 Å². The second-order valence-corrected chi connectivity index (χ2v) is 3.94. The molecule has 0 saturated heterocycles. The highest BCUT2D eigenvalue weighted by molar-refractivity contribution is 6.15. The van der Waals surface area contributed by atoms with Crippen molar-refractivity contribution in [3.8, 4) is 0 Å². The monoisotopic (exact) mass is 246 g/mol. The lowest BCUT2D eigenvalue weighted by atomic mass is 10.0. The average molecular weight is 247 g/mol. The molecule has 0 radical (unpaired) electrons. The van der Waals surface area contributed by atoms with Gasteiger partial charge in [0, 0.05) is 6.08 Å². The Balaban J connectivity index is 2.43. The Labute approximate surface area is 105 Å². The van der Waals surface area contributed by atoms with Gasteiger partial charge in [0.05, 0.1) is 0 Å². The van der Waals surface area contributed by atoms with Gasteiger partial charge in [-0.05, 0) is 34.9 Å². The minimum Gasteiger partial charge on any atom is -0.344 e. The molecule has 2 aromatic rings. The third-order valence-corrected chi connectivity index (χ3v) is 2.77. The lowest BCUT2D eigenvalue weighted by Crippen LogP contribution is -1.92. The molecule has 2 rings (SSSR count). The van der Waals surface area contributed by atoms with Gasteiger partial charge >= 0.3 is 5.97 Å². The van der Waals surface area contributed by atoms with Crippen molar-refractivity contribution in [2.75, 3.05) is 0 Å². The van der Waals surface area contributed by atoms with E-state index in [0.717, 1.165) is 16.5 Å². The van der Waals surface area contributed by atoms with E-state index in [1.54, 1.807) is 0 Å². The molecular formula is C14H11ClO2. The molecule has 2 nitrogen and oxygen atoms in total. The van der Waals surface area contributed by atoms with Gasteiger partial charge in [-0.1, -0.05) is 36.4 Å². The lowest BCUT2D eigenvalue weighted by molar-refractivity contribution is -0.128. The first-order valence-corrected chi connectivity index (χ1v) is 5.51. The quantitative estimate of drug-likeness (QED) is 0.751. The molecule has 0 aliphatic heterocycles. The van der Waals surface area contributed by atoms with E-state index in [1.807, 2.05) is 49.4 Å². The normalized spacial score (nSPS) is 11.5. The topological polar surface area (TPSA) is 26.3 Å². The Hall–Kier alpha value is -1.80. The zero-order chi connectivity index (χ0) is 12.3. The smallest absolute Gasteiger partial charge is 0.344 e. The molecule has 0 aromatic heterocycles. The van der Waals surface area contributed by atoms with Crippen LogP contribution in [0.3, 0.4) is 0 Å². The summed E-state index contributed by atoms with van der Waals surface area (Å²) in [5, 5.41) is 2.31. The zero-order valence-corrected chi connectivity index (χ0v) is 10.1. The summed E-state index contributed by atoms with van der Waals surface area (Å²) in [6, 6.07) is 14.1. The fourth-order valence-electron chi connectivity index (χ4n) is 1.72. The average Bonchev–Trinajstić information content (AvgIpc) is 2.38. The van der Waals surface area contributed by atoms with Crippen molar-refractivity contribution in [2.24, 2.45) is 0 Å². The molecule has 3 heteroatoms. The maximum atomic E-state index is 11.0. The highest BCUT2D eigenvalue weighted by atomic mass is 35.5. The number of rotatable bonds is 2. The molecule has 0 atom stereocenters. The van der Waals surface area contributed by atoms with Crippen LogP contribution >= 0.6 is 11.9 Å². The maximum Gasteiger partial charge on any atom is 0.349 e. The van der Waals surface area contributed by atoms with Gasteiger partial charge in [-0.3, -0.25) is 0 Å². The van der Waals surface area contributed by atoms with Gasteiger partial charge < -0.3 is 4.29 Å². The number of allylic oxidation sites excluding steroid dienone is 1. The summed E-state index contributed by atoms with van der Waals surface area (Å²) in [6.07, 6.45) is 1.37. The molecule has 0 unspecified atom stereocenters. The van der Waals surface area contributed by atoms with Crippen LogP contribution in [-0.4, -0.2) is 5.97 Å². The molecule has 0 aliphatic carbocycles. The summed E-state index contributed by atoms with van der Waals surface area (Å²) in [5.41, 5.74) is 1.80. The third kappa shape index (κ3) is 2.66. The molecule has 0 amide bonds. The van der Waals surface area contributed by atoms with E-state index in [1.165, 1.54) is 11.5 Å². The molecule has 86 valence electrons. The molecule has 0 spiro atoms. The second-order valence-electron chi connectivity index (χ2n) is 3.79. The SMILES string of the molecule is C/C(=C\C(=O)OCl)c1ccc2ccccc2c1. The fourth-order valence-corrected chi connectivity index (χ4v) is 1.76. The minimum absolute atomic E-state index is 0.558. The first-order chi connectivity index (χ1) is 8.20. The fraction of sp³-hybridized carbons (Fsp3) is 0.0714. The predicted molar refractivity (Wildman–Crippen MR) is 69.5 cm³/mol. The van der Waals surface area contributed by atoms with Crippen LogP contribution in [0.5, 0.6) is 0 Å². The number of fused-ring (bicyclic) bond motifs is 1. The molecule has 0 aliphatic rings. The van der Waals surface area contributed by atoms with E-state index in [9.17, 15) is 4.79 Å². The maximum absolute atomic E-state index is 11.0. The van der Waals surface area contributed by atoms with Crippen LogP contribution in [0.2, 0.25) is 0 Å². The van der Waals surface area contributed by atoms with Crippen molar-refractivity contribution in [3.63, 3.8) is 0 Å². The predicted octanol–water partition coefficient (Wildman–Crippen LogP) is 3.94. The van der Waals surface area contributed by atoms with Gasteiger partial charge in [-0.2, -0.15) is 0 Å². The van der Waals surface area contributed by atoms with Crippen LogP contribution in [0.25, 0.3) is 16.3 Å². The molecule has 0 saturated carbocycles. The number of carbonyl (C=O) groups excluding carboxylic acids is 1. The number of benzene rings is 2. The van der Waals surface area contributed by atoms with Gasteiger partial charge in [0.1, 0.15) is 11.9 Å². The summed E-state index contributed by atoms with van der Waals surface area (Å²) in [5.74, 6) is -0.558. The molecule has 0 fully saturated rings. The number of hydrogen-bond donors (Lipinski definition) is 0. The molecule has 0 N–H and O–H groups in total. The standard InChI is InChI=1S/C14H11ClO2/c1-10(8-14(16)17-15)12-7-6-11-4-2-3-5-13(11)9-12/h2-9H,1H3/b10-8+.